The highest BCUT2D eigenvalue weighted by molar-refractivity contribution is 5.81. The van der Waals surface area contributed by atoms with Crippen LogP contribution in [0.5, 0.6) is 11.5 Å². The van der Waals surface area contributed by atoms with Crippen LogP contribution in [0.3, 0.4) is 0 Å². The second-order valence-corrected chi connectivity index (χ2v) is 5.07. The Morgan fingerprint density at radius 2 is 2.23 bits per heavy atom. The van der Waals surface area contributed by atoms with E-state index in [0.717, 1.165) is 6.42 Å². The molecule has 1 fully saturated rings. The Hall–Kier alpha value is -2.12. The molecule has 3 rings (SSSR count). The number of nitrogens with zero attached hydrogens (tertiary/aromatic N) is 1. The number of aromatic amines is 1. The van der Waals surface area contributed by atoms with Gasteiger partial charge >= 0.3 is 0 Å². The van der Waals surface area contributed by atoms with Crippen molar-refractivity contribution in [2.75, 3.05) is 27.4 Å². The molecule has 2 aromatic rings. The first kappa shape index (κ1) is 14.8. The number of methoxy groups -OCH3 is 2. The minimum Gasteiger partial charge on any atom is -0.493 e. The van der Waals surface area contributed by atoms with Crippen molar-refractivity contribution in [2.45, 2.75) is 19.1 Å². The summed E-state index contributed by atoms with van der Waals surface area (Å²) in [6, 6.07) is 3.36. The van der Waals surface area contributed by atoms with Crippen molar-refractivity contribution in [2.24, 2.45) is 0 Å². The van der Waals surface area contributed by atoms with Crippen LogP contribution in [0, 0.1) is 0 Å². The molecule has 0 saturated carbocycles. The Kier molecular flexibility index (Phi) is 4.26. The molecule has 0 unspecified atom stereocenters. The van der Waals surface area contributed by atoms with Gasteiger partial charge in [0.1, 0.15) is 18.5 Å². The van der Waals surface area contributed by atoms with E-state index in [1.54, 1.807) is 26.4 Å². The van der Waals surface area contributed by atoms with E-state index in [1.165, 1.54) is 0 Å². The van der Waals surface area contributed by atoms with Crippen molar-refractivity contribution >= 4 is 10.9 Å². The fraction of sp³-hybridized carbons (Fsp3) is 0.467. The molecule has 1 aliphatic rings. The third kappa shape index (κ3) is 2.90. The van der Waals surface area contributed by atoms with Crippen molar-refractivity contribution in [3.63, 3.8) is 0 Å². The molecular weight excluding hydrogens is 288 g/mol. The van der Waals surface area contributed by atoms with Gasteiger partial charge in [-0.25, -0.2) is 4.98 Å². The highest BCUT2D eigenvalue weighted by Crippen LogP contribution is 2.32. The fourth-order valence-corrected chi connectivity index (χ4v) is 2.44. The lowest BCUT2D eigenvalue weighted by molar-refractivity contribution is 0.139. The first-order valence-corrected chi connectivity index (χ1v) is 7.05. The number of ether oxygens (including phenoxy) is 4. The first-order valence-electron chi connectivity index (χ1n) is 7.05. The summed E-state index contributed by atoms with van der Waals surface area (Å²) in [6.07, 6.45) is 0.800. The molecule has 0 bridgehead atoms. The number of hydrogen-bond donors (Lipinski definition) is 1. The van der Waals surface area contributed by atoms with Crippen molar-refractivity contribution in [1.82, 2.24) is 9.97 Å². The van der Waals surface area contributed by atoms with Crippen LogP contribution in [0.15, 0.2) is 16.9 Å². The van der Waals surface area contributed by atoms with Gasteiger partial charge in [0.05, 0.1) is 31.2 Å². The van der Waals surface area contributed by atoms with Gasteiger partial charge in [-0.15, -0.1) is 0 Å². The quantitative estimate of drug-likeness (QED) is 0.895. The second-order valence-electron chi connectivity index (χ2n) is 5.07. The van der Waals surface area contributed by atoms with E-state index in [9.17, 15) is 4.79 Å². The van der Waals surface area contributed by atoms with Gasteiger partial charge in [0.2, 0.25) is 0 Å². The Balaban J connectivity index is 2.03. The molecule has 1 aromatic carbocycles. The Morgan fingerprint density at radius 3 is 2.91 bits per heavy atom. The van der Waals surface area contributed by atoms with Crippen molar-refractivity contribution < 1.29 is 18.9 Å². The molecule has 0 aliphatic carbocycles. The van der Waals surface area contributed by atoms with E-state index >= 15 is 0 Å². The SMILES string of the molecule is COCc1nc2cc(OC)c(O[C@H]3CCOC3)cc2c(=O)[nH]1. The van der Waals surface area contributed by atoms with Crippen molar-refractivity contribution in [3.05, 3.63) is 28.3 Å². The first-order chi connectivity index (χ1) is 10.7. The van der Waals surface area contributed by atoms with Crippen LogP contribution in [0.4, 0.5) is 0 Å². The summed E-state index contributed by atoms with van der Waals surface area (Å²) in [4.78, 5) is 19.3. The topological polar surface area (TPSA) is 82.7 Å². The van der Waals surface area contributed by atoms with Gasteiger partial charge in [-0.3, -0.25) is 4.79 Å². The van der Waals surface area contributed by atoms with E-state index in [0.29, 0.717) is 41.4 Å². The normalized spacial score (nSPS) is 17.8. The molecule has 0 radical (unpaired) electrons. The van der Waals surface area contributed by atoms with Crippen LogP contribution in [0.25, 0.3) is 10.9 Å². The summed E-state index contributed by atoms with van der Waals surface area (Å²) in [5, 5.41) is 0.453. The maximum atomic E-state index is 12.2. The summed E-state index contributed by atoms with van der Waals surface area (Å²) in [7, 11) is 3.10. The van der Waals surface area contributed by atoms with Crippen LogP contribution in [-0.2, 0) is 16.1 Å². The monoisotopic (exact) mass is 306 g/mol. The summed E-state index contributed by atoms with van der Waals surface area (Å²) in [5.74, 6) is 1.54. The molecular formula is C15H18N2O5. The van der Waals surface area contributed by atoms with Crippen LogP contribution in [-0.4, -0.2) is 43.5 Å². The average molecular weight is 306 g/mol. The van der Waals surface area contributed by atoms with E-state index in [4.69, 9.17) is 18.9 Å². The molecule has 0 amide bonds. The summed E-state index contributed by atoms with van der Waals surface area (Å²) in [6.45, 7) is 1.47. The Bertz CT molecular complexity index is 722. The van der Waals surface area contributed by atoms with Gasteiger partial charge in [0, 0.05) is 19.6 Å². The lowest BCUT2D eigenvalue weighted by Gasteiger charge is -2.15. The predicted octanol–water partition coefficient (Wildman–Crippen LogP) is 1.25. The fourth-order valence-electron chi connectivity index (χ4n) is 2.44. The van der Waals surface area contributed by atoms with Gasteiger partial charge < -0.3 is 23.9 Å². The molecule has 1 saturated heterocycles. The number of fused-ring (bicyclic) bond motifs is 1. The molecule has 1 aromatic heterocycles. The van der Waals surface area contributed by atoms with E-state index in [2.05, 4.69) is 9.97 Å². The van der Waals surface area contributed by atoms with E-state index in [-0.39, 0.29) is 18.3 Å². The molecule has 0 spiro atoms. The second kappa shape index (κ2) is 6.33. The van der Waals surface area contributed by atoms with Gasteiger partial charge in [0.25, 0.3) is 5.56 Å². The maximum absolute atomic E-state index is 12.2. The molecule has 2 heterocycles. The molecule has 22 heavy (non-hydrogen) atoms. The number of H-pyrrole nitrogens is 1. The highest BCUT2D eigenvalue weighted by atomic mass is 16.6. The number of nitrogens with one attached hydrogen (secondary N) is 1. The lowest BCUT2D eigenvalue weighted by atomic mass is 10.2. The Morgan fingerprint density at radius 1 is 1.36 bits per heavy atom. The van der Waals surface area contributed by atoms with Gasteiger partial charge in [-0.2, -0.15) is 0 Å². The number of rotatable bonds is 5. The summed E-state index contributed by atoms with van der Waals surface area (Å²) < 4.78 is 21.5. The summed E-state index contributed by atoms with van der Waals surface area (Å²) >= 11 is 0. The minimum absolute atomic E-state index is 0.0221. The third-order valence-electron chi connectivity index (χ3n) is 3.50. The van der Waals surface area contributed by atoms with Crippen molar-refractivity contribution in [1.29, 1.82) is 0 Å². The number of hydrogen-bond acceptors (Lipinski definition) is 6. The van der Waals surface area contributed by atoms with Gasteiger partial charge in [-0.05, 0) is 6.07 Å². The number of benzene rings is 1. The molecule has 1 aliphatic heterocycles. The molecule has 7 heteroatoms. The minimum atomic E-state index is -0.229. The van der Waals surface area contributed by atoms with Crippen LogP contribution < -0.4 is 15.0 Å². The van der Waals surface area contributed by atoms with Crippen LogP contribution in [0.1, 0.15) is 12.2 Å². The van der Waals surface area contributed by atoms with Gasteiger partial charge in [-0.1, -0.05) is 0 Å². The molecule has 7 nitrogen and oxygen atoms in total. The smallest absolute Gasteiger partial charge is 0.258 e. The zero-order valence-electron chi connectivity index (χ0n) is 12.5. The predicted molar refractivity (Wildman–Crippen MR) is 79.5 cm³/mol. The molecule has 1 atom stereocenters. The highest BCUT2D eigenvalue weighted by Gasteiger charge is 2.20. The zero-order chi connectivity index (χ0) is 15.5. The van der Waals surface area contributed by atoms with E-state index < -0.39 is 0 Å². The standard InChI is InChI=1S/C15H18N2O5/c1-19-8-14-16-11-6-12(20-2)13(5-10(11)15(18)17-14)22-9-3-4-21-7-9/h5-6,9H,3-4,7-8H2,1-2H3,(H,16,17,18)/t9-/m0/s1. The molecule has 1 N–H and O–H groups in total. The van der Waals surface area contributed by atoms with Crippen molar-refractivity contribution in [3.8, 4) is 11.5 Å². The van der Waals surface area contributed by atoms with Gasteiger partial charge in [0.15, 0.2) is 11.5 Å². The van der Waals surface area contributed by atoms with Crippen LogP contribution in [0.2, 0.25) is 0 Å². The number of aromatic nitrogens is 2. The summed E-state index contributed by atoms with van der Waals surface area (Å²) in [5.41, 5.74) is 0.315. The van der Waals surface area contributed by atoms with E-state index in [1.807, 2.05) is 0 Å². The maximum Gasteiger partial charge on any atom is 0.258 e. The van der Waals surface area contributed by atoms with Crippen LogP contribution >= 0.6 is 0 Å². The zero-order valence-corrected chi connectivity index (χ0v) is 12.5. The Labute approximate surface area is 127 Å². The lowest BCUT2D eigenvalue weighted by Crippen LogP contribution is -2.17. The largest absolute Gasteiger partial charge is 0.493 e. The average Bonchev–Trinajstić information content (AvgIpc) is 3.00. The molecule has 118 valence electrons. The third-order valence-corrected chi connectivity index (χ3v) is 3.50.